The number of aliphatic hydroxyl groups is 1. The Bertz CT molecular complexity index is 288. The monoisotopic (exact) mass is 183 g/mol. The first-order chi connectivity index (χ1) is 6.19. The van der Waals surface area contributed by atoms with Crippen molar-refractivity contribution in [3.63, 3.8) is 0 Å². The van der Waals surface area contributed by atoms with Crippen LogP contribution in [0.3, 0.4) is 0 Å². The van der Waals surface area contributed by atoms with Crippen LogP contribution in [0, 0.1) is 5.82 Å². The first-order valence-electron chi connectivity index (χ1n) is 4.33. The van der Waals surface area contributed by atoms with Crippen molar-refractivity contribution >= 4 is 0 Å². The first-order valence-corrected chi connectivity index (χ1v) is 4.33. The lowest BCUT2D eigenvalue weighted by molar-refractivity contribution is 0.281. The van der Waals surface area contributed by atoms with Gasteiger partial charge in [0.15, 0.2) is 0 Å². The van der Waals surface area contributed by atoms with E-state index in [-0.39, 0.29) is 18.5 Å². The second-order valence-electron chi connectivity index (χ2n) is 3.03. The smallest absolute Gasteiger partial charge is 0.127 e. The number of hydrogen-bond donors (Lipinski definition) is 2. The summed E-state index contributed by atoms with van der Waals surface area (Å²) in [5.74, 6) is -0.299. The van der Waals surface area contributed by atoms with Crippen molar-refractivity contribution in [3.05, 3.63) is 35.1 Å². The molecule has 0 unspecified atom stereocenters. The van der Waals surface area contributed by atoms with E-state index in [9.17, 15) is 4.39 Å². The van der Waals surface area contributed by atoms with Crippen molar-refractivity contribution < 1.29 is 9.50 Å². The van der Waals surface area contributed by atoms with Gasteiger partial charge in [0.25, 0.3) is 0 Å². The Kier molecular flexibility index (Phi) is 3.39. The molecular formula is C10H14FNO. The van der Waals surface area contributed by atoms with Crippen LogP contribution in [0.15, 0.2) is 18.2 Å². The molecule has 0 aliphatic heterocycles. The summed E-state index contributed by atoms with van der Waals surface area (Å²) in [5.41, 5.74) is 6.87. The third-order valence-electron chi connectivity index (χ3n) is 2.08. The van der Waals surface area contributed by atoms with Gasteiger partial charge in [0.05, 0.1) is 6.61 Å². The van der Waals surface area contributed by atoms with Gasteiger partial charge in [-0.3, -0.25) is 0 Å². The maximum Gasteiger partial charge on any atom is 0.127 e. The molecule has 0 fully saturated rings. The number of halogens is 1. The van der Waals surface area contributed by atoms with E-state index in [2.05, 4.69) is 0 Å². The van der Waals surface area contributed by atoms with Crippen molar-refractivity contribution in [2.45, 2.75) is 26.0 Å². The largest absolute Gasteiger partial charge is 0.392 e. The summed E-state index contributed by atoms with van der Waals surface area (Å²) in [5, 5.41) is 8.84. The van der Waals surface area contributed by atoms with Crippen LogP contribution >= 0.6 is 0 Å². The number of nitrogens with two attached hydrogens (primary N) is 1. The second kappa shape index (κ2) is 4.35. The normalized spacial score (nSPS) is 12.9. The molecule has 0 aromatic heterocycles. The fourth-order valence-electron chi connectivity index (χ4n) is 1.20. The minimum atomic E-state index is -0.299. The van der Waals surface area contributed by atoms with E-state index in [1.165, 1.54) is 6.07 Å². The summed E-state index contributed by atoms with van der Waals surface area (Å²) in [6, 6.07) is 4.23. The number of hydrogen-bond acceptors (Lipinski definition) is 2. The van der Waals surface area contributed by atoms with Crippen LogP contribution in [0.4, 0.5) is 4.39 Å². The van der Waals surface area contributed by atoms with E-state index in [0.717, 1.165) is 0 Å². The predicted octanol–water partition coefficient (Wildman–Crippen LogP) is 1.73. The number of benzene rings is 1. The van der Waals surface area contributed by atoms with Gasteiger partial charge in [-0.2, -0.15) is 0 Å². The summed E-state index contributed by atoms with van der Waals surface area (Å²) in [7, 11) is 0. The van der Waals surface area contributed by atoms with Gasteiger partial charge in [-0.05, 0) is 24.1 Å². The molecule has 0 bridgehead atoms. The summed E-state index contributed by atoms with van der Waals surface area (Å²) in [6.45, 7) is 1.82. The third kappa shape index (κ3) is 2.26. The van der Waals surface area contributed by atoms with E-state index >= 15 is 0 Å². The second-order valence-corrected chi connectivity index (χ2v) is 3.03. The molecule has 0 heterocycles. The molecule has 1 aromatic carbocycles. The number of aliphatic hydroxyl groups excluding tert-OH is 1. The third-order valence-corrected chi connectivity index (χ3v) is 2.08. The Hall–Kier alpha value is -0.930. The van der Waals surface area contributed by atoms with Gasteiger partial charge in [-0.25, -0.2) is 4.39 Å². The number of rotatable bonds is 3. The zero-order chi connectivity index (χ0) is 9.84. The molecule has 0 spiro atoms. The molecule has 0 saturated carbocycles. The molecular weight excluding hydrogens is 169 g/mol. The van der Waals surface area contributed by atoms with Crippen molar-refractivity contribution in [2.75, 3.05) is 0 Å². The van der Waals surface area contributed by atoms with E-state index in [1.807, 2.05) is 6.92 Å². The zero-order valence-corrected chi connectivity index (χ0v) is 7.63. The maximum atomic E-state index is 13.2. The fraction of sp³-hybridized carbons (Fsp3) is 0.400. The van der Waals surface area contributed by atoms with Gasteiger partial charge in [0.2, 0.25) is 0 Å². The minimum absolute atomic E-state index is 0.0796. The van der Waals surface area contributed by atoms with Crippen LogP contribution in [-0.2, 0) is 6.61 Å². The fourth-order valence-corrected chi connectivity index (χ4v) is 1.20. The average molecular weight is 183 g/mol. The highest BCUT2D eigenvalue weighted by molar-refractivity contribution is 5.27. The lowest BCUT2D eigenvalue weighted by Crippen LogP contribution is -2.11. The lowest BCUT2D eigenvalue weighted by Gasteiger charge is -2.11. The molecule has 0 radical (unpaired) electrons. The molecule has 72 valence electrons. The summed E-state index contributed by atoms with van der Waals surface area (Å²) in [4.78, 5) is 0. The molecule has 1 atom stereocenters. The Balaban J connectivity index is 3.03. The molecule has 0 saturated heterocycles. The lowest BCUT2D eigenvalue weighted by atomic mass is 10.0. The maximum absolute atomic E-state index is 13.2. The molecule has 0 aliphatic carbocycles. The molecule has 2 nitrogen and oxygen atoms in total. The molecule has 1 aromatic rings. The topological polar surface area (TPSA) is 46.2 Å². The zero-order valence-electron chi connectivity index (χ0n) is 7.63. The summed E-state index contributed by atoms with van der Waals surface area (Å²) in [6.07, 6.45) is 0.686. The predicted molar refractivity (Wildman–Crippen MR) is 49.5 cm³/mol. The van der Waals surface area contributed by atoms with E-state index < -0.39 is 0 Å². The Morgan fingerprint density at radius 3 is 2.77 bits per heavy atom. The SMILES string of the molecule is CC[C@@H](N)c1cc(CO)ccc1F. The molecule has 0 amide bonds. The highest BCUT2D eigenvalue weighted by atomic mass is 19.1. The van der Waals surface area contributed by atoms with Gasteiger partial charge in [-0.15, -0.1) is 0 Å². The van der Waals surface area contributed by atoms with Gasteiger partial charge < -0.3 is 10.8 Å². The Labute approximate surface area is 77.2 Å². The molecule has 3 N–H and O–H groups in total. The average Bonchev–Trinajstić information content (AvgIpc) is 2.17. The van der Waals surface area contributed by atoms with Gasteiger partial charge in [0, 0.05) is 11.6 Å². The Morgan fingerprint density at radius 1 is 1.54 bits per heavy atom. The summed E-state index contributed by atoms with van der Waals surface area (Å²) < 4.78 is 13.2. The molecule has 1 rings (SSSR count). The van der Waals surface area contributed by atoms with Crippen LogP contribution in [0.25, 0.3) is 0 Å². The van der Waals surface area contributed by atoms with Crippen molar-refractivity contribution in [3.8, 4) is 0 Å². The van der Waals surface area contributed by atoms with Crippen molar-refractivity contribution in [2.24, 2.45) is 5.73 Å². The Morgan fingerprint density at radius 2 is 2.23 bits per heavy atom. The van der Waals surface area contributed by atoms with Gasteiger partial charge >= 0.3 is 0 Å². The van der Waals surface area contributed by atoms with E-state index in [0.29, 0.717) is 17.5 Å². The molecule has 13 heavy (non-hydrogen) atoms. The van der Waals surface area contributed by atoms with Crippen LogP contribution in [0.5, 0.6) is 0 Å². The standard InChI is InChI=1S/C10H14FNO/c1-2-10(12)8-5-7(6-13)3-4-9(8)11/h3-5,10,13H,2,6,12H2,1H3/t10-/m1/s1. The highest BCUT2D eigenvalue weighted by Gasteiger charge is 2.09. The highest BCUT2D eigenvalue weighted by Crippen LogP contribution is 2.19. The van der Waals surface area contributed by atoms with Crippen LogP contribution in [-0.4, -0.2) is 5.11 Å². The minimum Gasteiger partial charge on any atom is -0.392 e. The van der Waals surface area contributed by atoms with Gasteiger partial charge in [-0.1, -0.05) is 13.0 Å². The van der Waals surface area contributed by atoms with Crippen LogP contribution in [0.1, 0.15) is 30.5 Å². The van der Waals surface area contributed by atoms with E-state index in [1.54, 1.807) is 12.1 Å². The van der Waals surface area contributed by atoms with Gasteiger partial charge in [0.1, 0.15) is 5.82 Å². The van der Waals surface area contributed by atoms with Crippen LogP contribution in [0.2, 0.25) is 0 Å². The van der Waals surface area contributed by atoms with E-state index in [4.69, 9.17) is 10.8 Å². The first kappa shape index (κ1) is 10.2. The van der Waals surface area contributed by atoms with Crippen LogP contribution < -0.4 is 5.73 Å². The quantitative estimate of drug-likeness (QED) is 0.749. The van der Waals surface area contributed by atoms with Crippen molar-refractivity contribution in [1.82, 2.24) is 0 Å². The summed E-state index contributed by atoms with van der Waals surface area (Å²) >= 11 is 0. The molecule has 0 aliphatic rings. The molecule has 3 heteroatoms. The van der Waals surface area contributed by atoms with Crippen molar-refractivity contribution in [1.29, 1.82) is 0 Å².